The summed E-state index contributed by atoms with van der Waals surface area (Å²) >= 11 is 0. The highest BCUT2D eigenvalue weighted by Crippen LogP contribution is 2.47. The average Bonchev–Trinajstić information content (AvgIpc) is 3.06. The van der Waals surface area contributed by atoms with E-state index >= 15 is 0 Å². The molecule has 1 spiro atoms. The van der Waals surface area contributed by atoms with Gasteiger partial charge in [0.05, 0.1) is 11.3 Å². The number of carbonyl (C=O) groups excluding carboxylic acids is 2. The lowest BCUT2D eigenvalue weighted by Gasteiger charge is -2.37. The third-order valence-electron chi connectivity index (χ3n) is 6.93. The summed E-state index contributed by atoms with van der Waals surface area (Å²) in [6, 6.07) is 10.3. The maximum absolute atomic E-state index is 13.5. The molecule has 2 aromatic rings. The van der Waals surface area contributed by atoms with Gasteiger partial charge < -0.3 is 15.0 Å². The number of anilines is 1. The Labute approximate surface area is 180 Å². The van der Waals surface area contributed by atoms with Crippen molar-refractivity contribution in [3.8, 4) is 0 Å². The molecule has 6 nitrogen and oxygen atoms in total. The molecule has 7 heteroatoms. The number of hydrogen-bond donors (Lipinski definition) is 1. The first-order valence-electron chi connectivity index (χ1n) is 11.0. The van der Waals surface area contributed by atoms with E-state index in [1.54, 1.807) is 30.5 Å². The molecule has 1 aromatic heterocycles. The normalized spacial score (nSPS) is 25.9. The van der Waals surface area contributed by atoms with Gasteiger partial charge in [-0.1, -0.05) is 6.07 Å². The quantitative estimate of drug-likeness (QED) is 0.765. The van der Waals surface area contributed by atoms with Gasteiger partial charge >= 0.3 is 5.97 Å². The molecule has 1 amide bonds. The minimum absolute atomic E-state index is 0.0710. The molecule has 0 atom stereocenters. The van der Waals surface area contributed by atoms with Crippen molar-refractivity contribution in [2.24, 2.45) is 5.92 Å². The summed E-state index contributed by atoms with van der Waals surface area (Å²) in [7, 11) is 0. The molecule has 0 bridgehead atoms. The largest absolute Gasteiger partial charge is 0.449 e. The van der Waals surface area contributed by atoms with E-state index in [0.29, 0.717) is 31.2 Å². The van der Waals surface area contributed by atoms with Crippen LogP contribution in [0.1, 0.15) is 54.6 Å². The summed E-state index contributed by atoms with van der Waals surface area (Å²) in [5, 5.41) is 3.22. The summed E-state index contributed by atoms with van der Waals surface area (Å²) in [6.45, 7) is 1.58. The van der Waals surface area contributed by atoms with E-state index in [1.165, 1.54) is 6.07 Å². The van der Waals surface area contributed by atoms with E-state index in [1.807, 2.05) is 6.07 Å². The highest BCUT2D eigenvalue weighted by Gasteiger charge is 2.49. The van der Waals surface area contributed by atoms with Gasteiger partial charge in [-0.2, -0.15) is 0 Å². The second-order valence-corrected chi connectivity index (χ2v) is 8.81. The van der Waals surface area contributed by atoms with Gasteiger partial charge in [0.1, 0.15) is 5.82 Å². The van der Waals surface area contributed by atoms with Crippen molar-refractivity contribution >= 4 is 17.6 Å². The molecule has 2 aliphatic heterocycles. The fourth-order valence-electron chi connectivity index (χ4n) is 5.17. The van der Waals surface area contributed by atoms with Crippen LogP contribution in [-0.2, 0) is 15.1 Å². The smallest absolute Gasteiger partial charge is 0.341 e. The van der Waals surface area contributed by atoms with Gasteiger partial charge in [0.25, 0.3) is 0 Å². The summed E-state index contributed by atoms with van der Waals surface area (Å²) in [5.74, 6) is -0.521. The number of amides is 1. The van der Waals surface area contributed by atoms with Gasteiger partial charge in [-0.25, -0.2) is 9.18 Å². The highest BCUT2D eigenvalue weighted by atomic mass is 19.1. The van der Waals surface area contributed by atoms with Crippen LogP contribution in [0.4, 0.5) is 10.1 Å². The number of fused-ring (bicyclic) bond motifs is 2. The zero-order valence-corrected chi connectivity index (χ0v) is 17.4. The molecular formula is C24H26FN3O3. The van der Waals surface area contributed by atoms with Crippen LogP contribution in [-0.4, -0.2) is 36.0 Å². The Kier molecular flexibility index (Phi) is 5.12. The van der Waals surface area contributed by atoms with Gasteiger partial charge in [0.2, 0.25) is 5.91 Å². The lowest BCUT2D eigenvalue weighted by Crippen LogP contribution is -2.47. The first kappa shape index (κ1) is 20.0. The van der Waals surface area contributed by atoms with Crippen LogP contribution in [0.3, 0.4) is 0 Å². The fourth-order valence-corrected chi connectivity index (χ4v) is 5.17. The molecule has 2 fully saturated rings. The molecule has 0 unspecified atom stereocenters. The molecule has 31 heavy (non-hydrogen) atoms. The van der Waals surface area contributed by atoms with Gasteiger partial charge in [-0.15, -0.1) is 0 Å². The zero-order chi connectivity index (χ0) is 21.4. The molecule has 1 saturated heterocycles. The second kappa shape index (κ2) is 7.94. The summed E-state index contributed by atoms with van der Waals surface area (Å²) < 4.78 is 19.2. The minimum Gasteiger partial charge on any atom is -0.449 e. The number of aromatic nitrogens is 1. The molecule has 3 aliphatic rings. The van der Waals surface area contributed by atoms with Crippen LogP contribution >= 0.6 is 0 Å². The van der Waals surface area contributed by atoms with Crippen molar-refractivity contribution in [1.29, 1.82) is 0 Å². The van der Waals surface area contributed by atoms with E-state index in [2.05, 4.69) is 15.2 Å². The molecular weight excluding hydrogens is 397 g/mol. The van der Waals surface area contributed by atoms with E-state index < -0.39 is 5.60 Å². The fraction of sp³-hybridized carbons (Fsp3) is 0.458. The van der Waals surface area contributed by atoms with Gasteiger partial charge in [0.15, 0.2) is 5.60 Å². The van der Waals surface area contributed by atoms with E-state index in [9.17, 15) is 14.0 Å². The number of nitrogens with zero attached hydrogens (tertiary/aromatic N) is 2. The zero-order valence-electron chi connectivity index (χ0n) is 17.4. The van der Waals surface area contributed by atoms with Crippen molar-refractivity contribution in [3.05, 3.63) is 59.7 Å². The number of rotatable bonds is 3. The lowest BCUT2D eigenvalue weighted by molar-refractivity contribution is -0.129. The Hall–Kier alpha value is -2.96. The molecule has 1 N–H and O–H groups in total. The van der Waals surface area contributed by atoms with Crippen LogP contribution in [0.5, 0.6) is 0 Å². The Morgan fingerprint density at radius 3 is 2.65 bits per heavy atom. The topological polar surface area (TPSA) is 71.5 Å². The highest BCUT2D eigenvalue weighted by molar-refractivity contribution is 5.94. The Bertz CT molecular complexity index is 995. The number of hydrogen-bond acceptors (Lipinski definition) is 5. The van der Waals surface area contributed by atoms with Crippen molar-refractivity contribution < 1.29 is 18.7 Å². The summed E-state index contributed by atoms with van der Waals surface area (Å²) in [6.07, 6.45) is 5.98. The van der Waals surface area contributed by atoms with Gasteiger partial charge in [-0.3, -0.25) is 9.78 Å². The standard InChI is InChI=1S/C24H26FN3O3/c25-17-3-1-4-19(15-17)28-13-8-18(9-14-28)27-22(29)16-6-10-24(11-7-16)21-20(23(30)31-24)5-2-12-26-21/h1-5,12,15-16,18H,6-11,13-14H2,(H,27,29). The molecule has 0 radical (unpaired) electrons. The van der Waals surface area contributed by atoms with Crippen molar-refractivity contribution in [3.63, 3.8) is 0 Å². The van der Waals surface area contributed by atoms with Crippen LogP contribution in [0, 0.1) is 11.7 Å². The number of benzene rings is 1. The van der Waals surface area contributed by atoms with Crippen molar-refractivity contribution in [2.75, 3.05) is 18.0 Å². The Morgan fingerprint density at radius 2 is 1.90 bits per heavy atom. The molecule has 162 valence electrons. The third kappa shape index (κ3) is 3.77. The number of carbonyl (C=O) groups is 2. The molecule has 3 heterocycles. The maximum atomic E-state index is 13.5. The predicted octanol–water partition coefficient (Wildman–Crippen LogP) is 3.56. The second-order valence-electron chi connectivity index (χ2n) is 8.81. The number of nitrogens with one attached hydrogen (secondary N) is 1. The van der Waals surface area contributed by atoms with Crippen molar-refractivity contribution in [1.82, 2.24) is 10.3 Å². The summed E-state index contributed by atoms with van der Waals surface area (Å²) in [5.41, 5.74) is 1.50. The lowest BCUT2D eigenvalue weighted by atomic mass is 9.76. The van der Waals surface area contributed by atoms with Crippen LogP contribution in [0.15, 0.2) is 42.6 Å². The number of halogens is 1. The number of piperidine rings is 1. The van der Waals surface area contributed by atoms with Crippen LogP contribution in [0.2, 0.25) is 0 Å². The van der Waals surface area contributed by atoms with Gasteiger partial charge in [-0.05, 0) is 68.9 Å². The van der Waals surface area contributed by atoms with Crippen LogP contribution < -0.4 is 10.2 Å². The Morgan fingerprint density at radius 1 is 1.13 bits per heavy atom. The first-order valence-corrected chi connectivity index (χ1v) is 11.0. The van der Waals surface area contributed by atoms with Crippen LogP contribution in [0.25, 0.3) is 0 Å². The molecule has 1 aromatic carbocycles. The molecule has 1 saturated carbocycles. The van der Waals surface area contributed by atoms with E-state index in [-0.39, 0.29) is 29.7 Å². The SMILES string of the molecule is O=C1OC2(CCC(C(=O)NC3CCN(c4cccc(F)c4)CC3)CC2)c2ncccc21. The Balaban J connectivity index is 1.14. The van der Waals surface area contributed by atoms with Gasteiger partial charge in [0, 0.05) is 36.9 Å². The summed E-state index contributed by atoms with van der Waals surface area (Å²) in [4.78, 5) is 31.7. The monoisotopic (exact) mass is 423 g/mol. The number of ether oxygens (including phenoxy) is 1. The molecule has 1 aliphatic carbocycles. The number of esters is 1. The molecule has 5 rings (SSSR count). The van der Waals surface area contributed by atoms with E-state index in [0.717, 1.165) is 37.3 Å². The maximum Gasteiger partial charge on any atom is 0.341 e. The first-order chi connectivity index (χ1) is 15.0. The number of pyridine rings is 1. The predicted molar refractivity (Wildman–Crippen MR) is 113 cm³/mol. The minimum atomic E-state index is -0.666. The third-order valence-corrected chi connectivity index (χ3v) is 6.93. The van der Waals surface area contributed by atoms with Crippen molar-refractivity contribution in [2.45, 2.75) is 50.2 Å². The average molecular weight is 423 g/mol. The van der Waals surface area contributed by atoms with E-state index in [4.69, 9.17) is 4.74 Å².